The van der Waals surface area contributed by atoms with Gasteiger partial charge in [0.15, 0.2) is 18.0 Å². The van der Waals surface area contributed by atoms with Crippen molar-refractivity contribution < 1.29 is 18.5 Å². The molecular formula is C16H17N3O5. The lowest BCUT2D eigenvalue weighted by Crippen LogP contribution is -2.26. The molecule has 2 heterocycles. The standard InChI is InChI=1S/C16H17N3O5/c1-3-6-13-17-14(24-18-13)9-22-15(20)10(2)19-11-7-4-5-8-12(11)23-16(19)21/h4-5,7-8,10H,3,6,9H2,1-2H3. The molecule has 0 amide bonds. The van der Waals surface area contributed by atoms with Crippen molar-refractivity contribution in [2.45, 2.75) is 39.3 Å². The quantitative estimate of drug-likeness (QED) is 0.638. The van der Waals surface area contributed by atoms with E-state index in [0.29, 0.717) is 23.3 Å². The lowest BCUT2D eigenvalue weighted by Gasteiger charge is -2.11. The first kappa shape index (κ1) is 16.0. The second-order valence-electron chi connectivity index (χ2n) is 5.34. The molecule has 2 aromatic heterocycles. The van der Waals surface area contributed by atoms with Gasteiger partial charge in [0, 0.05) is 6.42 Å². The maximum atomic E-state index is 12.2. The number of rotatable bonds is 6. The van der Waals surface area contributed by atoms with E-state index in [9.17, 15) is 9.59 Å². The van der Waals surface area contributed by atoms with Gasteiger partial charge in [-0.25, -0.2) is 9.59 Å². The summed E-state index contributed by atoms with van der Waals surface area (Å²) in [5.74, 6) is -0.389. The van der Waals surface area contributed by atoms with E-state index in [2.05, 4.69) is 10.1 Å². The molecular weight excluding hydrogens is 314 g/mol. The molecule has 3 rings (SSSR count). The number of fused-ring (bicyclic) bond motifs is 1. The predicted octanol–water partition coefficient (Wildman–Crippen LogP) is 2.23. The third kappa shape index (κ3) is 3.08. The molecule has 0 aliphatic heterocycles. The zero-order valence-electron chi connectivity index (χ0n) is 13.4. The Hall–Kier alpha value is -2.90. The number of benzene rings is 1. The van der Waals surface area contributed by atoms with Crippen LogP contribution in [0.25, 0.3) is 11.1 Å². The highest BCUT2D eigenvalue weighted by Crippen LogP contribution is 2.17. The molecule has 1 unspecified atom stereocenters. The number of hydrogen-bond acceptors (Lipinski definition) is 7. The van der Waals surface area contributed by atoms with Crippen molar-refractivity contribution in [3.63, 3.8) is 0 Å². The van der Waals surface area contributed by atoms with Crippen molar-refractivity contribution in [2.24, 2.45) is 0 Å². The van der Waals surface area contributed by atoms with Crippen molar-refractivity contribution in [3.05, 3.63) is 46.5 Å². The lowest BCUT2D eigenvalue weighted by molar-refractivity contribution is -0.149. The van der Waals surface area contributed by atoms with E-state index in [1.54, 1.807) is 31.2 Å². The summed E-state index contributed by atoms with van der Waals surface area (Å²) in [5, 5.41) is 3.79. The summed E-state index contributed by atoms with van der Waals surface area (Å²) in [5.41, 5.74) is 0.957. The van der Waals surface area contributed by atoms with Crippen molar-refractivity contribution in [1.82, 2.24) is 14.7 Å². The number of aromatic nitrogens is 3. The molecule has 0 aliphatic rings. The number of esters is 1. The highest BCUT2D eigenvalue weighted by atomic mass is 16.6. The number of carbonyl (C=O) groups excluding carboxylic acids is 1. The largest absolute Gasteiger partial charge is 0.454 e. The Morgan fingerprint density at radius 2 is 2.17 bits per heavy atom. The first-order valence-corrected chi connectivity index (χ1v) is 7.68. The zero-order chi connectivity index (χ0) is 17.1. The molecule has 0 saturated heterocycles. The zero-order valence-corrected chi connectivity index (χ0v) is 13.4. The molecule has 24 heavy (non-hydrogen) atoms. The summed E-state index contributed by atoms with van der Waals surface area (Å²) < 4.78 is 16.6. The first-order valence-electron chi connectivity index (χ1n) is 7.68. The monoisotopic (exact) mass is 331 g/mol. The highest BCUT2D eigenvalue weighted by Gasteiger charge is 2.23. The molecule has 0 fully saturated rings. The molecule has 8 nitrogen and oxygen atoms in total. The number of hydrogen-bond donors (Lipinski definition) is 0. The van der Waals surface area contributed by atoms with E-state index in [0.717, 1.165) is 6.42 Å². The van der Waals surface area contributed by atoms with E-state index in [1.807, 2.05) is 6.92 Å². The minimum Gasteiger partial charge on any atom is -0.454 e. The summed E-state index contributed by atoms with van der Waals surface area (Å²) in [4.78, 5) is 28.3. The number of ether oxygens (including phenoxy) is 1. The van der Waals surface area contributed by atoms with Gasteiger partial charge in [-0.05, 0) is 25.5 Å². The molecule has 126 valence electrons. The molecule has 8 heteroatoms. The number of para-hydroxylation sites is 2. The molecule has 0 saturated carbocycles. The van der Waals surface area contributed by atoms with Gasteiger partial charge in [-0.2, -0.15) is 4.98 Å². The minimum absolute atomic E-state index is 0.135. The molecule has 3 aromatic rings. The van der Waals surface area contributed by atoms with Crippen LogP contribution in [0.2, 0.25) is 0 Å². The van der Waals surface area contributed by atoms with Crippen LogP contribution in [0.3, 0.4) is 0 Å². The molecule has 0 bridgehead atoms. The number of aryl methyl sites for hydroxylation is 1. The van der Waals surface area contributed by atoms with E-state index in [1.165, 1.54) is 4.57 Å². The number of oxazole rings is 1. The van der Waals surface area contributed by atoms with Crippen molar-refractivity contribution in [1.29, 1.82) is 0 Å². The Morgan fingerprint density at radius 1 is 1.38 bits per heavy atom. The molecule has 0 spiro atoms. The summed E-state index contributed by atoms with van der Waals surface area (Å²) in [6.45, 7) is 3.44. The fourth-order valence-corrected chi connectivity index (χ4v) is 2.38. The molecule has 0 N–H and O–H groups in total. The van der Waals surface area contributed by atoms with Crippen molar-refractivity contribution >= 4 is 17.1 Å². The Morgan fingerprint density at radius 3 is 2.96 bits per heavy atom. The van der Waals surface area contributed by atoms with E-state index in [4.69, 9.17) is 13.7 Å². The number of nitrogens with zero attached hydrogens (tertiary/aromatic N) is 3. The number of carbonyl (C=O) groups is 1. The molecule has 0 aliphatic carbocycles. The topological polar surface area (TPSA) is 100 Å². The van der Waals surface area contributed by atoms with Crippen LogP contribution in [0, 0.1) is 0 Å². The van der Waals surface area contributed by atoms with Crippen LogP contribution in [-0.4, -0.2) is 20.7 Å². The van der Waals surface area contributed by atoms with E-state index < -0.39 is 17.8 Å². The van der Waals surface area contributed by atoms with Crippen LogP contribution in [0.1, 0.15) is 38.0 Å². The SMILES string of the molecule is CCCc1noc(COC(=O)C(C)n2c(=O)oc3ccccc32)n1. The Bertz CT molecular complexity index is 908. The summed E-state index contributed by atoms with van der Waals surface area (Å²) in [7, 11) is 0. The lowest BCUT2D eigenvalue weighted by atomic mass is 10.3. The third-order valence-electron chi connectivity index (χ3n) is 3.57. The van der Waals surface area contributed by atoms with E-state index in [-0.39, 0.29) is 12.5 Å². The average molecular weight is 331 g/mol. The van der Waals surface area contributed by atoms with Gasteiger partial charge < -0.3 is 13.7 Å². The van der Waals surface area contributed by atoms with Crippen molar-refractivity contribution in [2.75, 3.05) is 0 Å². The summed E-state index contributed by atoms with van der Waals surface area (Å²) in [6.07, 6.45) is 1.59. The van der Waals surface area contributed by atoms with Gasteiger partial charge >= 0.3 is 11.7 Å². The van der Waals surface area contributed by atoms with Crippen LogP contribution in [-0.2, 0) is 22.6 Å². The van der Waals surface area contributed by atoms with Crippen molar-refractivity contribution in [3.8, 4) is 0 Å². The molecule has 0 radical (unpaired) electrons. The van der Waals surface area contributed by atoms with Crippen LogP contribution >= 0.6 is 0 Å². The van der Waals surface area contributed by atoms with Gasteiger partial charge in [-0.3, -0.25) is 4.57 Å². The van der Waals surface area contributed by atoms with E-state index >= 15 is 0 Å². The molecule has 1 atom stereocenters. The Balaban J connectivity index is 1.72. The van der Waals surface area contributed by atoms with Gasteiger partial charge in [0.25, 0.3) is 5.89 Å². The maximum Gasteiger partial charge on any atom is 0.420 e. The first-order chi connectivity index (χ1) is 11.6. The van der Waals surface area contributed by atoms with Crippen LogP contribution in [0.5, 0.6) is 0 Å². The average Bonchev–Trinajstić information content (AvgIpc) is 3.15. The molecule has 1 aromatic carbocycles. The van der Waals surface area contributed by atoms with Gasteiger partial charge in [0.05, 0.1) is 5.52 Å². The second kappa shape index (κ2) is 6.69. The van der Waals surface area contributed by atoms with Gasteiger partial charge in [-0.15, -0.1) is 0 Å². The normalized spacial score (nSPS) is 12.4. The van der Waals surface area contributed by atoms with Crippen LogP contribution in [0.4, 0.5) is 0 Å². The second-order valence-corrected chi connectivity index (χ2v) is 5.34. The van der Waals surface area contributed by atoms with Crippen LogP contribution < -0.4 is 5.76 Å². The van der Waals surface area contributed by atoms with Gasteiger partial charge in [0.1, 0.15) is 6.04 Å². The van der Waals surface area contributed by atoms with Gasteiger partial charge in [-0.1, -0.05) is 24.2 Å². The fraction of sp³-hybridized carbons (Fsp3) is 0.375. The third-order valence-corrected chi connectivity index (χ3v) is 3.57. The minimum atomic E-state index is -0.834. The van der Waals surface area contributed by atoms with Gasteiger partial charge in [0.2, 0.25) is 0 Å². The maximum absolute atomic E-state index is 12.2. The summed E-state index contributed by atoms with van der Waals surface area (Å²) >= 11 is 0. The Labute approximate surface area is 137 Å². The summed E-state index contributed by atoms with van der Waals surface area (Å²) in [6, 6.07) is 6.05. The predicted molar refractivity (Wildman–Crippen MR) is 83.3 cm³/mol. The Kier molecular flexibility index (Phi) is 4.45. The van der Waals surface area contributed by atoms with Crippen LogP contribution in [0.15, 0.2) is 38.0 Å². The smallest absolute Gasteiger partial charge is 0.420 e. The fourth-order valence-electron chi connectivity index (χ4n) is 2.38. The highest BCUT2D eigenvalue weighted by molar-refractivity contribution is 5.79.